The van der Waals surface area contributed by atoms with Crippen LogP contribution < -0.4 is 10.6 Å². The van der Waals surface area contributed by atoms with Gasteiger partial charge < -0.3 is 25.4 Å². The second-order valence-electron chi connectivity index (χ2n) is 12.2. The van der Waals surface area contributed by atoms with Crippen LogP contribution in [-0.2, 0) is 27.4 Å². The summed E-state index contributed by atoms with van der Waals surface area (Å²) in [6, 6.07) is 12.4. The van der Waals surface area contributed by atoms with E-state index in [1.54, 1.807) is 12.0 Å². The van der Waals surface area contributed by atoms with Crippen molar-refractivity contribution in [1.29, 1.82) is 0 Å². The van der Waals surface area contributed by atoms with Crippen LogP contribution in [0.5, 0.6) is 0 Å². The van der Waals surface area contributed by atoms with Gasteiger partial charge >= 0.3 is 0 Å². The number of rotatable bonds is 13. The first-order chi connectivity index (χ1) is 21.6. The van der Waals surface area contributed by atoms with Gasteiger partial charge in [-0.15, -0.1) is 0 Å². The molecular weight excluding hydrogens is 576 g/mol. The molecule has 2 aromatic carbocycles. The van der Waals surface area contributed by atoms with Gasteiger partial charge in [0.05, 0.1) is 30.6 Å². The number of nitrogens with zero attached hydrogens (tertiary/aromatic N) is 1. The van der Waals surface area contributed by atoms with Crippen molar-refractivity contribution in [3.63, 3.8) is 0 Å². The zero-order chi connectivity index (χ0) is 33.4. The van der Waals surface area contributed by atoms with Crippen LogP contribution in [0.25, 0.3) is 0 Å². The predicted octanol–water partition coefficient (Wildman–Crippen LogP) is 5.89. The lowest BCUT2D eigenvalue weighted by Crippen LogP contribution is -2.54. The number of amides is 2. The number of hydrogen-bond acceptors (Lipinski definition) is 5. The van der Waals surface area contributed by atoms with Crippen molar-refractivity contribution in [3.8, 4) is 0 Å². The quantitative estimate of drug-likeness (QED) is 0.257. The summed E-state index contributed by atoms with van der Waals surface area (Å²) in [6.07, 6.45) is 3.30. The first kappa shape index (κ1) is 38.3. The van der Waals surface area contributed by atoms with Crippen molar-refractivity contribution in [1.82, 2.24) is 15.5 Å². The highest BCUT2D eigenvalue weighted by molar-refractivity contribution is 5.91. The van der Waals surface area contributed by atoms with Crippen LogP contribution in [0.1, 0.15) is 77.8 Å². The molecule has 2 saturated heterocycles. The number of ether oxygens (including phenoxy) is 1. The van der Waals surface area contributed by atoms with Gasteiger partial charge in [-0.2, -0.15) is 0 Å². The maximum atomic E-state index is 13.8. The van der Waals surface area contributed by atoms with E-state index in [2.05, 4.69) is 17.6 Å². The fourth-order valence-corrected chi connectivity index (χ4v) is 6.00. The van der Waals surface area contributed by atoms with Crippen LogP contribution >= 0.6 is 0 Å². The molecule has 4 rings (SSSR count). The Morgan fingerprint density at radius 3 is 2.33 bits per heavy atom. The number of aliphatic hydroxyl groups excluding tert-OH is 1. The smallest absolute Gasteiger partial charge is 0.226 e. The van der Waals surface area contributed by atoms with Gasteiger partial charge in [0, 0.05) is 32.3 Å². The lowest BCUT2D eigenvalue weighted by molar-refractivity contribution is -0.134. The molecule has 2 fully saturated rings. The van der Waals surface area contributed by atoms with Gasteiger partial charge in [-0.25, -0.2) is 8.78 Å². The monoisotopic (exact) mass is 631 g/mol. The van der Waals surface area contributed by atoms with Crippen molar-refractivity contribution in [2.75, 3.05) is 26.7 Å². The zero-order valence-corrected chi connectivity index (χ0v) is 28.0. The number of likely N-dealkylation sites (tertiary alicyclic amines) is 1. The Morgan fingerprint density at radius 2 is 1.78 bits per heavy atom. The summed E-state index contributed by atoms with van der Waals surface area (Å²) >= 11 is 0. The van der Waals surface area contributed by atoms with Gasteiger partial charge in [0.15, 0.2) is 0 Å². The van der Waals surface area contributed by atoms with Crippen LogP contribution in [0.15, 0.2) is 48.5 Å². The van der Waals surface area contributed by atoms with Crippen LogP contribution in [0.2, 0.25) is 0 Å². The molecule has 0 saturated carbocycles. The minimum absolute atomic E-state index is 0.0176. The summed E-state index contributed by atoms with van der Waals surface area (Å²) < 4.78 is 32.5. The van der Waals surface area contributed by atoms with Gasteiger partial charge in [0.2, 0.25) is 11.8 Å². The van der Waals surface area contributed by atoms with Crippen LogP contribution in [0.3, 0.4) is 0 Å². The van der Waals surface area contributed by atoms with Gasteiger partial charge in [0.25, 0.3) is 0 Å². The molecule has 0 aliphatic carbocycles. The van der Waals surface area contributed by atoms with Crippen LogP contribution in [-0.4, -0.2) is 66.8 Å². The molecule has 2 aromatic rings. The van der Waals surface area contributed by atoms with E-state index in [1.165, 1.54) is 17.7 Å². The van der Waals surface area contributed by atoms with E-state index in [-0.39, 0.29) is 30.2 Å². The Morgan fingerprint density at radius 1 is 1.11 bits per heavy atom. The Labute approximate surface area is 269 Å². The average molecular weight is 632 g/mol. The Balaban J connectivity index is 0.000000544. The third-order valence-corrected chi connectivity index (χ3v) is 8.16. The third-order valence-electron chi connectivity index (χ3n) is 8.16. The lowest BCUT2D eigenvalue weighted by atomic mass is 9.86. The second-order valence-corrected chi connectivity index (χ2v) is 12.2. The Kier molecular flexibility index (Phi) is 17.3. The standard InChI is InChI=1S/C26H39F2N3O3.C8H10O.C2H6/c1-4-5-9-31-15-21(20(26(31)34)10-16(2)3)25(33)30-23(24(32)22-7-6-8-29-22)13-17-11-18(27)14-19(28)12-17;1-9-7-8-5-3-2-4-6-8;1-2/h11-12,14,16,20-24,29,32H,4-10,13,15H2,1-3H3,(H,30,33);2-6H,7H2,1H3;1-2H3. The predicted molar refractivity (Wildman–Crippen MR) is 175 cm³/mol. The number of carbonyl (C=O) groups excluding carboxylic acids is 2. The van der Waals surface area contributed by atoms with Gasteiger partial charge in [-0.1, -0.05) is 71.4 Å². The fraction of sp³-hybridized carbons (Fsp3) is 0.611. The van der Waals surface area contributed by atoms with E-state index in [9.17, 15) is 23.5 Å². The summed E-state index contributed by atoms with van der Waals surface area (Å²) in [5, 5.41) is 17.3. The molecule has 252 valence electrons. The van der Waals surface area contributed by atoms with E-state index in [0.717, 1.165) is 38.3 Å². The van der Waals surface area contributed by atoms with Gasteiger partial charge in [-0.3, -0.25) is 9.59 Å². The molecule has 3 N–H and O–H groups in total. The van der Waals surface area contributed by atoms with Crippen molar-refractivity contribution >= 4 is 11.8 Å². The molecule has 2 heterocycles. The van der Waals surface area contributed by atoms with Crippen molar-refractivity contribution in [2.45, 2.75) is 97.9 Å². The number of aliphatic hydroxyl groups is 1. The highest BCUT2D eigenvalue weighted by Gasteiger charge is 2.45. The number of hydrogen-bond donors (Lipinski definition) is 3. The normalized spacial score (nSPS) is 20.6. The molecule has 2 amide bonds. The number of carbonyl (C=O) groups is 2. The molecule has 9 heteroatoms. The number of halogens is 2. The molecule has 0 bridgehead atoms. The summed E-state index contributed by atoms with van der Waals surface area (Å²) in [7, 11) is 1.70. The Bertz CT molecular complexity index is 1120. The molecule has 2 aliphatic heterocycles. The maximum absolute atomic E-state index is 13.8. The van der Waals surface area contributed by atoms with Gasteiger partial charge in [0.1, 0.15) is 11.6 Å². The highest BCUT2D eigenvalue weighted by Crippen LogP contribution is 2.31. The third kappa shape index (κ3) is 12.4. The van der Waals surface area contributed by atoms with E-state index < -0.39 is 35.6 Å². The van der Waals surface area contributed by atoms with E-state index >= 15 is 0 Å². The number of unbranched alkanes of at least 4 members (excludes halogenated alkanes) is 1. The molecule has 45 heavy (non-hydrogen) atoms. The zero-order valence-electron chi connectivity index (χ0n) is 28.0. The summed E-state index contributed by atoms with van der Waals surface area (Å²) in [4.78, 5) is 28.3. The molecule has 2 aliphatic rings. The van der Waals surface area contributed by atoms with E-state index in [4.69, 9.17) is 4.74 Å². The number of nitrogens with one attached hydrogen (secondary N) is 2. The number of methoxy groups -OCH3 is 1. The van der Waals surface area contributed by atoms with Crippen LogP contribution in [0, 0.1) is 29.4 Å². The molecule has 0 aromatic heterocycles. The van der Waals surface area contributed by atoms with Crippen molar-refractivity contribution in [3.05, 3.63) is 71.3 Å². The fourth-order valence-electron chi connectivity index (χ4n) is 6.00. The van der Waals surface area contributed by atoms with E-state index in [1.807, 2.05) is 58.0 Å². The lowest BCUT2D eigenvalue weighted by Gasteiger charge is -2.30. The summed E-state index contributed by atoms with van der Waals surface area (Å²) in [6.45, 7) is 12.6. The van der Waals surface area contributed by atoms with Crippen LogP contribution in [0.4, 0.5) is 8.78 Å². The van der Waals surface area contributed by atoms with Crippen molar-refractivity contribution in [2.24, 2.45) is 17.8 Å². The first-order valence-corrected chi connectivity index (χ1v) is 16.6. The maximum Gasteiger partial charge on any atom is 0.226 e. The number of benzene rings is 2. The molecule has 0 spiro atoms. The SMILES string of the molecule is CC.CCCCN1CC(C(=O)NC(Cc2cc(F)cc(F)c2)C(O)C2CCCN2)C(CC(C)C)C1=O.COCc1ccccc1. The molecule has 0 radical (unpaired) electrons. The minimum Gasteiger partial charge on any atom is -0.389 e. The topological polar surface area (TPSA) is 90.9 Å². The average Bonchev–Trinajstić information content (AvgIpc) is 3.66. The molecule has 5 atom stereocenters. The van der Waals surface area contributed by atoms with Crippen molar-refractivity contribution < 1.29 is 28.2 Å². The highest BCUT2D eigenvalue weighted by atomic mass is 19.1. The minimum atomic E-state index is -0.922. The molecule has 7 nitrogen and oxygen atoms in total. The largest absolute Gasteiger partial charge is 0.389 e. The first-order valence-electron chi connectivity index (χ1n) is 16.6. The molecule has 5 unspecified atom stereocenters. The summed E-state index contributed by atoms with van der Waals surface area (Å²) in [5.74, 6) is -2.30. The summed E-state index contributed by atoms with van der Waals surface area (Å²) in [5.41, 5.74) is 1.59. The van der Waals surface area contributed by atoms with Gasteiger partial charge in [-0.05, 0) is 67.8 Å². The second kappa shape index (κ2) is 20.3. The van der Waals surface area contributed by atoms with E-state index in [0.29, 0.717) is 31.7 Å². The molecular formula is C36H55F2N3O4. The Hall–Kier alpha value is -2.88.